The zero-order valence-electron chi connectivity index (χ0n) is 9.75. The fraction of sp³-hybridized carbons (Fsp3) is 1.00. The summed E-state index contributed by atoms with van der Waals surface area (Å²) < 4.78 is 0. The molecule has 0 aromatic rings. The molecule has 3 heteroatoms. The predicted molar refractivity (Wildman–Crippen MR) is 65.9 cm³/mol. The molecule has 0 bridgehead atoms. The van der Waals surface area contributed by atoms with Crippen molar-refractivity contribution in [1.82, 2.24) is 5.32 Å². The lowest BCUT2D eigenvalue weighted by molar-refractivity contribution is 0.102. The van der Waals surface area contributed by atoms with Crippen LogP contribution < -0.4 is 5.32 Å². The van der Waals surface area contributed by atoms with Crippen LogP contribution in [-0.4, -0.2) is 35.8 Å². The third-order valence-corrected chi connectivity index (χ3v) is 3.47. The van der Waals surface area contributed by atoms with E-state index in [0.29, 0.717) is 5.92 Å². The number of rotatable bonds is 9. The Morgan fingerprint density at radius 3 is 2.36 bits per heavy atom. The summed E-state index contributed by atoms with van der Waals surface area (Å²) in [5.41, 5.74) is 0. The van der Waals surface area contributed by atoms with Gasteiger partial charge in [0.2, 0.25) is 0 Å². The van der Waals surface area contributed by atoms with E-state index in [1.54, 1.807) is 0 Å². The van der Waals surface area contributed by atoms with Crippen LogP contribution >= 0.6 is 11.8 Å². The highest BCUT2D eigenvalue weighted by Gasteiger charge is 2.14. The molecule has 0 aromatic heterocycles. The Bertz CT molecular complexity index is 118. The van der Waals surface area contributed by atoms with E-state index in [0.717, 1.165) is 31.7 Å². The average molecular weight is 219 g/mol. The van der Waals surface area contributed by atoms with Gasteiger partial charge in [-0.25, -0.2) is 0 Å². The summed E-state index contributed by atoms with van der Waals surface area (Å²) in [6, 6.07) is 0. The first-order valence-electron chi connectivity index (χ1n) is 5.72. The molecule has 0 amide bonds. The van der Waals surface area contributed by atoms with E-state index >= 15 is 0 Å². The van der Waals surface area contributed by atoms with E-state index in [4.69, 9.17) is 0 Å². The van der Waals surface area contributed by atoms with Gasteiger partial charge in [0, 0.05) is 18.8 Å². The topological polar surface area (TPSA) is 32.3 Å². The van der Waals surface area contributed by atoms with Crippen molar-refractivity contribution in [2.24, 2.45) is 5.92 Å². The van der Waals surface area contributed by atoms with Crippen molar-refractivity contribution in [1.29, 1.82) is 0 Å². The predicted octanol–water partition coefficient (Wildman–Crippen LogP) is 2.13. The summed E-state index contributed by atoms with van der Waals surface area (Å²) in [6.45, 7) is 8.21. The first kappa shape index (κ1) is 14.3. The third kappa shape index (κ3) is 6.68. The maximum Gasteiger partial charge on any atom is 0.0692 e. The van der Waals surface area contributed by atoms with Gasteiger partial charge in [0.05, 0.1) is 6.10 Å². The zero-order chi connectivity index (χ0) is 10.8. The van der Waals surface area contributed by atoms with Gasteiger partial charge in [0.15, 0.2) is 0 Å². The Kier molecular flexibility index (Phi) is 10.0. The van der Waals surface area contributed by atoms with Gasteiger partial charge in [-0.3, -0.25) is 0 Å². The van der Waals surface area contributed by atoms with Gasteiger partial charge >= 0.3 is 0 Å². The van der Waals surface area contributed by atoms with Gasteiger partial charge < -0.3 is 10.4 Å². The van der Waals surface area contributed by atoms with Gasteiger partial charge in [-0.15, -0.1) is 0 Å². The summed E-state index contributed by atoms with van der Waals surface area (Å²) in [5, 5.41) is 13.1. The Morgan fingerprint density at radius 1 is 1.21 bits per heavy atom. The zero-order valence-corrected chi connectivity index (χ0v) is 10.6. The molecule has 0 aliphatic carbocycles. The molecule has 2 N–H and O–H groups in total. The van der Waals surface area contributed by atoms with Gasteiger partial charge in [0.1, 0.15) is 0 Å². The number of nitrogens with one attached hydrogen (secondary N) is 1. The second kappa shape index (κ2) is 9.81. The molecule has 0 saturated heterocycles. The number of aliphatic hydroxyl groups is 1. The fourth-order valence-corrected chi connectivity index (χ4v) is 2.12. The number of hydrogen-bond acceptors (Lipinski definition) is 3. The van der Waals surface area contributed by atoms with Gasteiger partial charge in [-0.05, 0) is 11.7 Å². The lowest BCUT2D eigenvalue weighted by atomic mass is 9.97. The van der Waals surface area contributed by atoms with E-state index in [-0.39, 0.29) is 6.10 Å². The van der Waals surface area contributed by atoms with Gasteiger partial charge in [-0.1, -0.05) is 33.6 Å². The van der Waals surface area contributed by atoms with Crippen LogP contribution in [0.15, 0.2) is 0 Å². The van der Waals surface area contributed by atoms with Gasteiger partial charge in [0.25, 0.3) is 0 Å². The molecular weight excluding hydrogens is 194 g/mol. The normalized spacial score (nSPS) is 13.5. The molecule has 2 nitrogen and oxygen atoms in total. The molecule has 0 aromatic carbocycles. The van der Waals surface area contributed by atoms with Crippen LogP contribution in [0.2, 0.25) is 0 Å². The third-order valence-electron chi connectivity index (χ3n) is 2.57. The monoisotopic (exact) mass is 219 g/mol. The minimum atomic E-state index is -0.170. The van der Waals surface area contributed by atoms with Crippen LogP contribution in [0.25, 0.3) is 0 Å². The standard InChI is InChI=1S/C11H25NOS/c1-4-10(5-2)11(13)9-12-7-8-14-6-3/h10-13H,4-9H2,1-3H3. The summed E-state index contributed by atoms with van der Waals surface area (Å²) in [4.78, 5) is 0. The SMILES string of the molecule is CCSCCNCC(O)C(CC)CC. The maximum atomic E-state index is 9.80. The van der Waals surface area contributed by atoms with Crippen LogP contribution in [-0.2, 0) is 0 Å². The quantitative estimate of drug-likeness (QED) is 0.583. The van der Waals surface area contributed by atoms with Crippen molar-refractivity contribution in [3.05, 3.63) is 0 Å². The molecule has 0 fully saturated rings. The van der Waals surface area contributed by atoms with E-state index in [1.807, 2.05) is 11.8 Å². The van der Waals surface area contributed by atoms with Crippen LogP contribution in [0.4, 0.5) is 0 Å². The van der Waals surface area contributed by atoms with Crippen LogP contribution in [0.3, 0.4) is 0 Å². The van der Waals surface area contributed by atoms with E-state index in [9.17, 15) is 5.11 Å². The number of thioether (sulfide) groups is 1. The van der Waals surface area contributed by atoms with Crippen molar-refractivity contribution in [3.8, 4) is 0 Å². The Balaban J connectivity index is 3.37. The highest BCUT2D eigenvalue weighted by molar-refractivity contribution is 7.99. The summed E-state index contributed by atoms with van der Waals surface area (Å²) >= 11 is 1.94. The molecule has 0 radical (unpaired) electrons. The van der Waals surface area contributed by atoms with E-state index in [2.05, 4.69) is 26.1 Å². The second-order valence-electron chi connectivity index (χ2n) is 3.54. The van der Waals surface area contributed by atoms with Crippen molar-refractivity contribution in [3.63, 3.8) is 0 Å². The molecule has 0 saturated carbocycles. The van der Waals surface area contributed by atoms with Crippen molar-refractivity contribution >= 4 is 11.8 Å². The maximum absolute atomic E-state index is 9.80. The molecule has 14 heavy (non-hydrogen) atoms. The minimum Gasteiger partial charge on any atom is -0.392 e. The highest BCUT2D eigenvalue weighted by atomic mass is 32.2. The summed E-state index contributed by atoms with van der Waals surface area (Å²) in [5.74, 6) is 2.78. The lowest BCUT2D eigenvalue weighted by Gasteiger charge is -2.20. The van der Waals surface area contributed by atoms with Gasteiger partial charge in [-0.2, -0.15) is 11.8 Å². The van der Waals surface area contributed by atoms with Crippen LogP contribution in [0.5, 0.6) is 0 Å². The molecule has 0 aliphatic rings. The fourth-order valence-electron chi connectivity index (χ4n) is 1.54. The molecule has 1 unspecified atom stereocenters. The summed E-state index contributed by atoms with van der Waals surface area (Å²) in [6.07, 6.45) is 1.98. The van der Waals surface area contributed by atoms with E-state index < -0.39 is 0 Å². The summed E-state index contributed by atoms with van der Waals surface area (Å²) in [7, 11) is 0. The minimum absolute atomic E-state index is 0.170. The largest absolute Gasteiger partial charge is 0.392 e. The molecule has 0 heterocycles. The highest BCUT2D eigenvalue weighted by Crippen LogP contribution is 2.12. The number of hydrogen-bond donors (Lipinski definition) is 2. The molecule has 86 valence electrons. The smallest absolute Gasteiger partial charge is 0.0692 e. The Hall–Kier alpha value is 0.270. The van der Waals surface area contributed by atoms with Crippen molar-refractivity contribution in [2.75, 3.05) is 24.6 Å². The molecule has 0 rings (SSSR count). The van der Waals surface area contributed by atoms with Crippen molar-refractivity contribution in [2.45, 2.75) is 39.7 Å². The molecule has 0 spiro atoms. The Morgan fingerprint density at radius 2 is 1.86 bits per heavy atom. The van der Waals surface area contributed by atoms with Crippen LogP contribution in [0.1, 0.15) is 33.6 Å². The van der Waals surface area contributed by atoms with Crippen molar-refractivity contribution < 1.29 is 5.11 Å². The van der Waals surface area contributed by atoms with E-state index in [1.165, 1.54) is 5.75 Å². The first-order chi connectivity index (χ1) is 6.76. The Labute approximate surface area is 92.9 Å². The molecular formula is C11H25NOS. The van der Waals surface area contributed by atoms with Crippen LogP contribution in [0, 0.1) is 5.92 Å². The molecule has 1 atom stereocenters. The second-order valence-corrected chi connectivity index (χ2v) is 4.94. The first-order valence-corrected chi connectivity index (χ1v) is 6.88. The lowest BCUT2D eigenvalue weighted by Crippen LogP contribution is -2.33. The number of aliphatic hydroxyl groups excluding tert-OH is 1. The average Bonchev–Trinajstić information content (AvgIpc) is 2.19. The molecule has 0 aliphatic heterocycles.